The molecule has 0 bridgehead atoms. The summed E-state index contributed by atoms with van der Waals surface area (Å²) >= 11 is 5.38. The molecule has 0 aromatic rings. The van der Waals surface area contributed by atoms with Gasteiger partial charge in [0, 0.05) is 5.88 Å². The van der Waals surface area contributed by atoms with Crippen molar-refractivity contribution in [2.24, 2.45) is 11.7 Å². The number of hydrogen-bond acceptors (Lipinski definition) is 2. The van der Waals surface area contributed by atoms with Crippen LogP contribution in [0.25, 0.3) is 0 Å². The molecule has 0 rings (SSSR count). The first kappa shape index (κ1) is 16.2. The number of alkyl halides is 1. The highest BCUT2D eigenvalue weighted by molar-refractivity contribution is 6.17. The highest BCUT2D eigenvalue weighted by Crippen LogP contribution is 1.96. The molecule has 0 aliphatic carbocycles. The normalized spacial score (nSPS) is 11.9. The molecule has 0 radical (unpaired) electrons. The molecule has 0 aliphatic rings. The van der Waals surface area contributed by atoms with Gasteiger partial charge in [-0.25, -0.2) is 0 Å². The third-order valence-electron chi connectivity index (χ3n) is 1.74. The van der Waals surface area contributed by atoms with Crippen molar-refractivity contribution in [1.29, 1.82) is 0 Å². The molecule has 0 fully saturated rings. The average molecular weight is 224 g/mol. The van der Waals surface area contributed by atoms with E-state index in [1.54, 1.807) is 13.8 Å². The summed E-state index contributed by atoms with van der Waals surface area (Å²) in [5, 5.41) is 8.23. The number of nitrogens with two attached hydrogens (primary N) is 1. The van der Waals surface area contributed by atoms with Crippen LogP contribution in [0.2, 0.25) is 0 Å². The molecule has 0 spiro atoms. The predicted octanol–water partition coefficient (Wildman–Crippen LogP) is 2.47. The number of rotatable bonds is 5. The number of aliphatic carboxylic acids is 1. The summed E-state index contributed by atoms with van der Waals surface area (Å²) in [7, 11) is 0. The molecule has 0 saturated heterocycles. The second kappa shape index (κ2) is 10.8. The second-order valence-electron chi connectivity index (χ2n) is 3.50. The molecule has 4 heteroatoms. The Bertz CT molecular complexity index is 136. The van der Waals surface area contributed by atoms with Gasteiger partial charge in [0.15, 0.2) is 0 Å². The Morgan fingerprint density at radius 3 is 2.00 bits per heavy atom. The van der Waals surface area contributed by atoms with Crippen LogP contribution >= 0.6 is 11.6 Å². The summed E-state index contributed by atoms with van der Waals surface area (Å²) in [6.07, 6.45) is 3.73. The van der Waals surface area contributed by atoms with Gasteiger partial charge in [0.25, 0.3) is 0 Å². The van der Waals surface area contributed by atoms with E-state index in [2.05, 4.69) is 6.92 Å². The molecule has 3 N–H and O–H groups in total. The van der Waals surface area contributed by atoms with Gasteiger partial charge < -0.3 is 10.8 Å². The Kier molecular flexibility index (Phi) is 12.5. The van der Waals surface area contributed by atoms with Crippen LogP contribution < -0.4 is 5.73 Å². The van der Waals surface area contributed by atoms with Crippen molar-refractivity contribution in [3.8, 4) is 0 Å². The van der Waals surface area contributed by atoms with Crippen LogP contribution in [0.15, 0.2) is 0 Å². The third-order valence-corrected chi connectivity index (χ3v) is 2.01. The van der Waals surface area contributed by atoms with Gasteiger partial charge in [0.2, 0.25) is 0 Å². The molecule has 0 aromatic carbocycles. The second-order valence-corrected chi connectivity index (χ2v) is 3.88. The molecular weight excluding hydrogens is 202 g/mol. The average Bonchev–Trinajstić information content (AvgIpc) is 2.14. The minimum Gasteiger partial charge on any atom is -0.480 e. The summed E-state index contributed by atoms with van der Waals surface area (Å²) in [5.41, 5.74) is 5.16. The van der Waals surface area contributed by atoms with Gasteiger partial charge in [-0.1, -0.05) is 33.6 Å². The van der Waals surface area contributed by atoms with Gasteiger partial charge in [-0.3, -0.25) is 4.79 Å². The van der Waals surface area contributed by atoms with Crippen LogP contribution in [-0.2, 0) is 4.79 Å². The van der Waals surface area contributed by atoms with Crippen molar-refractivity contribution >= 4 is 17.6 Å². The van der Waals surface area contributed by atoms with Gasteiger partial charge >= 0.3 is 5.97 Å². The Balaban J connectivity index is 0. The number of hydrogen-bond donors (Lipinski definition) is 2. The van der Waals surface area contributed by atoms with Crippen LogP contribution in [0.1, 0.15) is 40.0 Å². The monoisotopic (exact) mass is 223 g/mol. The summed E-state index contributed by atoms with van der Waals surface area (Å²) in [6.45, 7) is 5.73. The summed E-state index contributed by atoms with van der Waals surface area (Å²) in [6, 6.07) is -0.713. The molecule has 86 valence electrons. The minimum absolute atomic E-state index is 0.0208. The first-order chi connectivity index (χ1) is 6.47. The maximum atomic E-state index is 10.0. The smallest absolute Gasteiger partial charge is 0.320 e. The third kappa shape index (κ3) is 11.7. The van der Waals surface area contributed by atoms with E-state index >= 15 is 0 Å². The summed E-state index contributed by atoms with van der Waals surface area (Å²) < 4.78 is 0. The van der Waals surface area contributed by atoms with Crippen molar-refractivity contribution in [1.82, 2.24) is 0 Å². The van der Waals surface area contributed by atoms with E-state index in [-0.39, 0.29) is 5.92 Å². The van der Waals surface area contributed by atoms with E-state index in [0.29, 0.717) is 0 Å². The summed E-state index contributed by atoms with van der Waals surface area (Å²) in [4.78, 5) is 10.0. The number of unbranched alkanes of at least 4 members (excludes halogenated alkanes) is 2. The quantitative estimate of drug-likeness (QED) is 0.556. The van der Waals surface area contributed by atoms with Crippen molar-refractivity contribution in [2.45, 2.75) is 46.1 Å². The van der Waals surface area contributed by atoms with Crippen LogP contribution in [0.5, 0.6) is 0 Å². The van der Waals surface area contributed by atoms with Crippen LogP contribution in [-0.4, -0.2) is 23.0 Å². The van der Waals surface area contributed by atoms with Crippen molar-refractivity contribution < 1.29 is 9.90 Å². The SMILES string of the molecule is CC(C)C(N)C(=O)O.CCCCCCl. The molecule has 3 nitrogen and oxygen atoms in total. The lowest BCUT2D eigenvalue weighted by Crippen LogP contribution is -2.34. The maximum absolute atomic E-state index is 10.0. The minimum atomic E-state index is -0.931. The van der Waals surface area contributed by atoms with E-state index in [1.165, 1.54) is 19.3 Å². The largest absolute Gasteiger partial charge is 0.480 e. The fourth-order valence-corrected chi connectivity index (χ4v) is 0.819. The number of halogens is 1. The lowest BCUT2D eigenvalue weighted by atomic mass is 10.1. The highest BCUT2D eigenvalue weighted by Gasteiger charge is 2.14. The van der Waals surface area contributed by atoms with Gasteiger partial charge in [0.1, 0.15) is 6.04 Å². The van der Waals surface area contributed by atoms with Gasteiger partial charge in [0.05, 0.1) is 0 Å². The van der Waals surface area contributed by atoms with Crippen molar-refractivity contribution in [3.63, 3.8) is 0 Å². The summed E-state index contributed by atoms with van der Waals surface area (Å²) in [5.74, 6) is -0.0825. The lowest BCUT2D eigenvalue weighted by molar-refractivity contribution is -0.139. The molecule has 14 heavy (non-hydrogen) atoms. The van der Waals surface area contributed by atoms with Crippen molar-refractivity contribution in [3.05, 3.63) is 0 Å². The fraction of sp³-hybridized carbons (Fsp3) is 0.900. The maximum Gasteiger partial charge on any atom is 0.320 e. The Labute approximate surface area is 91.6 Å². The van der Waals surface area contributed by atoms with Gasteiger partial charge in [-0.15, -0.1) is 11.6 Å². The van der Waals surface area contributed by atoms with Crippen molar-refractivity contribution in [2.75, 3.05) is 5.88 Å². The van der Waals surface area contributed by atoms with E-state index in [0.717, 1.165) is 5.88 Å². The molecule has 0 amide bonds. The molecule has 0 aliphatic heterocycles. The van der Waals surface area contributed by atoms with E-state index in [1.807, 2.05) is 0 Å². The standard InChI is InChI=1S/C5H11Cl.C5H11NO2/c1-2-3-4-5-6;1-3(2)4(6)5(7)8/h2-5H2,1H3;3-4H,6H2,1-2H3,(H,7,8). The molecule has 1 atom stereocenters. The highest BCUT2D eigenvalue weighted by atomic mass is 35.5. The molecule has 0 aromatic heterocycles. The van der Waals surface area contributed by atoms with E-state index in [9.17, 15) is 4.79 Å². The van der Waals surface area contributed by atoms with Crippen LogP contribution in [0.3, 0.4) is 0 Å². The first-order valence-corrected chi connectivity index (χ1v) is 5.55. The predicted molar refractivity (Wildman–Crippen MR) is 60.7 cm³/mol. The number of carbonyl (C=O) groups is 1. The zero-order chi connectivity index (χ0) is 11.6. The van der Waals surface area contributed by atoms with Crippen LogP contribution in [0.4, 0.5) is 0 Å². The Morgan fingerprint density at radius 2 is 1.93 bits per heavy atom. The van der Waals surface area contributed by atoms with E-state index < -0.39 is 12.0 Å². The Morgan fingerprint density at radius 1 is 1.43 bits per heavy atom. The zero-order valence-electron chi connectivity index (χ0n) is 9.29. The number of carboxylic acid groups (broad SMARTS) is 1. The lowest BCUT2D eigenvalue weighted by Gasteiger charge is -2.07. The fourth-order valence-electron chi connectivity index (χ4n) is 0.630. The number of carboxylic acids is 1. The van der Waals surface area contributed by atoms with E-state index in [4.69, 9.17) is 22.4 Å². The van der Waals surface area contributed by atoms with Gasteiger partial charge in [-0.2, -0.15) is 0 Å². The van der Waals surface area contributed by atoms with Crippen LogP contribution in [0, 0.1) is 5.92 Å². The zero-order valence-corrected chi connectivity index (χ0v) is 10.0. The first-order valence-electron chi connectivity index (χ1n) is 5.01. The molecule has 0 saturated carbocycles. The molecule has 0 heterocycles. The topological polar surface area (TPSA) is 63.3 Å². The van der Waals surface area contributed by atoms with Gasteiger partial charge in [-0.05, 0) is 12.3 Å². The Hall–Kier alpha value is -0.280. The molecular formula is C10H22ClNO2. The molecule has 1 unspecified atom stereocenters.